The van der Waals surface area contributed by atoms with E-state index in [0.717, 1.165) is 25.7 Å². The molecule has 1 aliphatic carbocycles. The molecule has 0 spiro atoms. The Labute approximate surface area is 174 Å². The van der Waals surface area contributed by atoms with Crippen molar-refractivity contribution in [3.63, 3.8) is 0 Å². The maximum absolute atomic E-state index is 12.8. The molecule has 7 nitrogen and oxygen atoms in total. The summed E-state index contributed by atoms with van der Waals surface area (Å²) in [4.78, 5) is 42.0. The summed E-state index contributed by atoms with van der Waals surface area (Å²) in [7, 11) is 0. The highest BCUT2D eigenvalue weighted by molar-refractivity contribution is 7.17. The molecule has 0 unspecified atom stereocenters. The number of hydrogen-bond donors (Lipinski definition) is 0. The normalized spacial score (nSPS) is 19.9. The lowest BCUT2D eigenvalue weighted by atomic mass is 9.72. The van der Waals surface area contributed by atoms with Crippen molar-refractivity contribution in [2.24, 2.45) is 11.3 Å². The number of aromatic nitrogens is 2. The van der Waals surface area contributed by atoms with Gasteiger partial charge in [0.2, 0.25) is 0 Å². The van der Waals surface area contributed by atoms with Crippen molar-refractivity contribution >= 4 is 33.5 Å². The fourth-order valence-electron chi connectivity index (χ4n) is 3.85. The fraction of sp³-hybridized carbons (Fsp3) is 0.619. The van der Waals surface area contributed by atoms with Crippen LogP contribution < -0.4 is 5.56 Å². The van der Waals surface area contributed by atoms with E-state index in [-0.39, 0.29) is 35.6 Å². The number of ether oxygens (including phenoxy) is 2. The van der Waals surface area contributed by atoms with Crippen LogP contribution in [0.25, 0.3) is 10.2 Å². The van der Waals surface area contributed by atoms with E-state index in [1.165, 1.54) is 22.2 Å². The van der Waals surface area contributed by atoms with Gasteiger partial charge in [0, 0.05) is 5.38 Å². The van der Waals surface area contributed by atoms with Crippen LogP contribution >= 0.6 is 11.3 Å². The Hall–Kier alpha value is -2.22. The second-order valence-corrected chi connectivity index (χ2v) is 9.42. The molecular formula is C21H28N2O5S. The van der Waals surface area contributed by atoms with Gasteiger partial charge in [-0.15, -0.1) is 11.3 Å². The van der Waals surface area contributed by atoms with Crippen LogP contribution in [0.5, 0.6) is 0 Å². The molecule has 3 rings (SSSR count). The van der Waals surface area contributed by atoms with Crippen molar-refractivity contribution in [2.75, 3.05) is 6.61 Å². The Morgan fingerprint density at radius 1 is 1.24 bits per heavy atom. The molecule has 1 aliphatic rings. The van der Waals surface area contributed by atoms with Crippen LogP contribution in [0, 0.1) is 11.3 Å². The Kier molecular flexibility index (Phi) is 6.41. The first-order valence-electron chi connectivity index (χ1n) is 10.0. The minimum Gasteiger partial charge on any atom is -0.462 e. The van der Waals surface area contributed by atoms with Crippen molar-refractivity contribution < 1.29 is 19.1 Å². The molecule has 1 saturated carbocycles. The number of fused-ring (bicyclic) bond motifs is 1. The molecular weight excluding hydrogens is 392 g/mol. The van der Waals surface area contributed by atoms with E-state index in [1.54, 1.807) is 12.3 Å². The van der Waals surface area contributed by atoms with Crippen LogP contribution in [-0.2, 0) is 20.8 Å². The quantitative estimate of drug-likeness (QED) is 0.684. The fourth-order valence-corrected chi connectivity index (χ4v) is 4.71. The molecule has 1 fully saturated rings. The average molecular weight is 421 g/mol. The predicted octanol–water partition coefficient (Wildman–Crippen LogP) is 3.78. The summed E-state index contributed by atoms with van der Waals surface area (Å²) in [6.07, 6.45) is 4.98. The number of thiophene rings is 1. The molecule has 8 heteroatoms. The zero-order valence-corrected chi connectivity index (χ0v) is 18.2. The van der Waals surface area contributed by atoms with Crippen molar-refractivity contribution in [3.05, 3.63) is 27.6 Å². The summed E-state index contributed by atoms with van der Waals surface area (Å²) in [5, 5.41) is 1.75. The SMILES string of the molecule is CCOC(=O)c1csc2ncn(CC(=O)OC3CCC(C(C)(C)C)CC3)c(=O)c12. The molecule has 2 heterocycles. The number of nitrogens with zero attached hydrogens (tertiary/aromatic N) is 2. The van der Waals surface area contributed by atoms with Crippen LogP contribution in [0.3, 0.4) is 0 Å². The van der Waals surface area contributed by atoms with Gasteiger partial charge in [-0.1, -0.05) is 20.8 Å². The lowest BCUT2D eigenvalue weighted by Crippen LogP contribution is -2.32. The van der Waals surface area contributed by atoms with Gasteiger partial charge in [-0.2, -0.15) is 0 Å². The van der Waals surface area contributed by atoms with Crippen molar-refractivity contribution in [2.45, 2.75) is 66.0 Å². The van der Waals surface area contributed by atoms with Crippen LogP contribution in [0.1, 0.15) is 63.7 Å². The smallest absolute Gasteiger partial charge is 0.339 e. The topological polar surface area (TPSA) is 87.5 Å². The number of carbonyl (C=O) groups excluding carboxylic acids is 2. The van der Waals surface area contributed by atoms with E-state index in [9.17, 15) is 14.4 Å². The van der Waals surface area contributed by atoms with E-state index in [0.29, 0.717) is 10.7 Å². The third-order valence-corrected chi connectivity index (χ3v) is 6.44. The third kappa shape index (κ3) is 4.86. The summed E-state index contributed by atoms with van der Waals surface area (Å²) < 4.78 is 11.8. The van der Waals surface area contributed by atoms with Gasteiger partial charge in [-0.25, -0.2) is 9.78 Å². The zero-order valence-electron chi connectivity index (χ0n) is 17.4. The second-order valence-electron chi connectivity index (χ2n) is 8.56. The molecule has 2 aromatic rings. The number of carbonyl (C=O) groups is 2. The van der Waals surface area contributed by atoms with Gasteiger partial charge in [-0.3, -0.25) is 14.2 Å². The molecule has 0 N–H and O–H groups in total. The summed E-state index contributed by atoms with van der Waals surface area (Å²) in [6.45, 7) is 8.43. The van der Waals surface area contributed by atoms with Crippen LogP contribution in [0.4, 0.5) is 0 Å². The van der Waals surface area contributed by atoms with Gasteiger partial charge in [0.25, 0.3) is 5.56 Å². The molecule has 29 heavy (non-hydrogen) atoms. The van der Waals surface area contributed by atoms with Crippen molar-refractivity contribution in [1.29, 1.82) is 0 Å². The third-order valence-electron chi connectivity index (χ3n) is 5.55. The first-order valence-corrected chi connectivity index (χ1v) is 10.9. The van der Waals surface area contributed by atoms with Crippen molar-refractivity contribution in [1.82, 2.24) is 9.55 Å². The minimum absolute atomic E-state index is 0.107. The Balaban J connectivity index is 1.68. The highest BCUT2D eigenvalue weighted by Gasteiger charge is 2.31. The predicted molar refractivity (Wildman–Crippen MR) is 111 cm³/mol. The summed E-state index contributed by atoms with van der Waals surface area (Å²) >= 11 is 1.20. The lowest BCUT2D eigenvalue weighted by Gasteiger charge is -2.36. The molecule has 0 bridgehead atoms. The first-order chi connectivity index (χ1) is 13.7. The van der Waals surface area contributed by atoms with Gasteiger partial charge in [0.1, 0.15) is 17.5 Å². The Morgan fingerprint density at radius 2 is 1.93 bits per heavy atom. The van der Waals surface area contributed by atoms with Gasteiger partial charge < -0.3 is 9.47 Å². The molecule has 0 radical (unpaired) electrons. The van der Waals surface area contributed by atoms with E-state index in [1.807, 2.05) is 0 Å². The molecule has 0 aromatic carbocycles. The van der Waals surface area contributed by atoms with E-state index < -0.39 is 17.5 Å². The zero-order chi connectivity index (χ0) is 21.2. The highest BCUT2D eigenvalue weighted by atomic mass is 32.1. The maximum atomic E-state index is 12.8. The largest absolute Gasteiger partial charge is 0.462 e. The molecule has 0 aliphatic heterocycles. The monoisotopic (exact) mass is 420 g/mol. The highest BCUT2D eigenvalue weighted by Crippen LogP contribution is 2.38. The number of hydrogen-bond acceptors (Lipinski definition) is 7. The van der Waals surface area contributed by atoms with E-state index in [4.69, 9.17) is 9.47 Å². The van der Waals surface area contributed by atoms with Crippen LogP contribution in [0.2, 0.25) is 0 Å². The van der Waals surface area contributed by atoms with E-state index in [2.05, 4.69) is 25.8 Å². The second kappa shape index (κ2) is 8.65. The molecule has 0 atom stereocenters. The first kappa shape index (κ1) is 21.5. The summed E-state index contributed by atoms with van der Waals surface area (Å²) in [5.74, 6) is -0.388. The number of esters is 2. The standard InChI is InChI=1S/C21H28N2O5S/c1-5-27-20(26)15-11-29-18-17(15)19(25)23(12-22-18)10-16(24)28-14-8-6-13(7-9-14)21(2,3)4/h11-14H,5-10H2,1-4H3. The van der Waals surface area contributed by atoms with Crippen LogP contribution in [-0.4, -0.2) is 34.2 Å². The van der Waals surface area contributed by atoms with Gasteiger partial charge in [0.15, 0.2) is 0 Å². The molecule has 158 valence electrons. The maximum Gasteiger partial charge on any atom is 0.339 e. The van der Waals surface area contributed by atoms with Gasteiger partial charge in [0.05, 0.1) is 23.9 Å². The summed E-state index contributed by atoms with van der Waals surface area (Å²) in [6, 6.07) is 0. The van der Waals surface area contributed by atoms with Crippen LogP contribution in [0.15, 0.2) is 16.5 Å². The Morgan fingerprint density at radius 3 is 2.55 bits per heavy atom. The Bertz CT molecular complexity index is 948. The van der Waals surface area contributed by atoms with Gasteiger partial charge in [-0.05, 0) is 43.9 Å². The minimum atomic E-state index is -0.561. The van der Waals surface area contributed by atoms with Crippen molar-refractivity contribution in [3.8, 4) is 0 Å². The number of rotatable bonds is 5. The molecule has 2 aromatic heterocycles. The lowest BCUT2D eigenvalue weighted by molar-refractivity contribution is -0.152. The van der Waals surface area contributed by atoms with Gasteiger partial charge >= 0.3 is 11.9 Å². The van der Waals surface area contributed by atoms with E-state index >= 15 is 0 Å². The average Bonchev–Trinajstić information content (AvgIpc) is 3.09. The molecule has 0 saturated heterocycles. The summed E-state index contributed by atoms with van der Waals surface area (Å²) in [5.41, 5.74) is 0.0147. The molecule has 0 amide bonds.